The standard InChI is InChI=1S/C24H31N3O/c1-15(2)14-18-10-12-19(13-11-18)22(16(3)4)25-17(5)23-26-21-9-7-6-8-20(21)24(28)27-23/h6-13,15-17,22,25H,14H2,1-5H3,(H,26,27,28)/p+1/t17-,22-/m0/s1. The minimum Gasteiger partial charge on any atom is -0.331 e. The molecule has 0 spiro atoms. The highest BCUT2D eigenvalue weighted by Crippen LogP contribution is 2.21. The number of nitrogens with two attached hydrogens (primary N) is 1. The molecule has 3 N–H and O–H groups in total. The SMILES string of the molecule is CC(C)Cc1ccc([C@@H]([NH2+][C@@H](C)c2nc3ccccc3c(=O)[nH]2)C(C)C)cc1. The minimum atomic E-state index is -0.0695. The van der Waals surface area contributed by atoms with E-state index in [0.717, 1.165) is 17.8 Å². The van der Waals surface area contributed by atoms with Gasteiger partial charge in [-0.3, -0.25) is 4.79 Å². The van der Waals surface area contributed by atoms with Crippen molar-refractivity contribution < 1.29 is 5.32 Å². The zero-order chi connectivity index (χ0) is 20.3. The Morgan fingerprint density at radius 3 is 2.29 bits per heavy atom. The van der Waals surface area contributed by atoms with Crippen molar-refractivity contribution in [1.82, 2.24) is 9.97 Å². The van der Waals surface area contributed by atoms with Crippen molar-refractivity contribution in [2.24, 2.45) is 11.8 Å². The lowest BCUT2D eigenvalue weighted by Crippen LogP contribution is -2.87. The van der Waals surface area contributed by atoms with Crippen LogP contribution in [0, 0.1) is 11.8 Å². The molecule has 0 unspecified atom stereocenters. The van der Waals surface area contributed by atoms with Gasteiger partial charge in [-0.2, -0.15) is 0 Å². The third-order valence-electron chi connectivity index (χ3n) is 5.29. The molecule has 0 saturated carbocycles. The Balaban J connectivity index is 1.83. The van der Waals surface area contributed by atoms with Crippen LogP contribution in [-0.4, -0.2) is 9.97 Å². The predicted octanol–water partition coefficient (Wildman–Crippen LogP) is 4.14. The van der Waals surface area contributed by atoms with E-state index in [9.17, 15) is 4.79 Å². The zero-order valence-electron chi connectivity index (χ0n) is 17.6. The van der Waals surface area contributed by atoms with Crippen molar-refractivity contribution in [1.29, 1.82) is 0 Å². The van der Waals surface area contributed by atoms with Crippen LogP contribution in [0.25, 0.3) is 10.9 Å². The summed E-state index contributed by atoms with van der Waals surface area (Å²) in [6.07, 6.45) is 1.11. The number of fused-ring (bicyclic) bond motifs is 1. The number of H-pyrrole nitrogens is 1. The minimum absolute atomic E-state index is 0.0556. The molecule has 28 heavy (non-hydrogen) atoms. The van der Waals surface area contributed by atoms with Gasteiger partial charge in [0, 0.05) is 11.5 Å². The van der Waals surface area contributed by atoms with Gasteiger partial charge in [-0.15, -0.1) is 0 Å². The number of benzene rings is 2. The first-order chi connectivity index (χ1) is 13.3. The number of quaternary nitrogens is 1. The quantitative estimate of drug-likeness (QED) is 0.649. The summed E-state index contributed by atoms with van der Waals surface area (Å²) < 4.78 is 0. The molecular formula is C24H32N3O+. The monoisotopic (exact) mass is 378 g/mol. The molecule has 0 aliphatic carbocycles. The van der Waals surface area contributed by atoms with Gasteiger partial charge in [-0.25, -0.2) is 4.98 Å². The van der Waals surface area contributed by atoms with E-state index in [1.165, 1.54) is 11.1 Å². The van der Waals surface area contributed by atoms with Crippen molar-refractivity contribution in [3.8, 4) is 0 Å². The van der Waals surface area contributed by atoms with Crippen molar-refractivity contribution in [2.45, 2.75) is 53.1 Å². The number of rotatable bonds is 7. The van der Waals surface area contributed by atoms with Gasteiger partial charge in [-0.1, -0.05) is 64.1 Å². The Morgan fingerprint density at radius 1 is 0.964 bits per heavy atom. The molecule has 0 amide bonds. The lowest BCUT2D eigenvalue weighted by atomic mass is 9.93. The first kappa shape index (κ1) is 20.3. The maximum absolute atomic E-state index is 12.4. The maximum Gasteiger partial charge on any atom is 0.258 e. The molecule has 0 bridgehead atoms. The average Bonchev–Trinajstić information content (AvgIpc) is 2.66. The summed E-state index contributed by atoms with van der Waals surface area (Å²) in [6.45, 7) is 11.1. The van der Waals surface area contributed by atoms with E-state index in [1.54, 1.807) is 0 Å². The second-order valence-electron chi connectivity index (χ2n) is 8.56. The molecule has 4 nitrogen and oxygen atoms in total. The summed E-state index contributed by atoms with van der Waals surface area (Å²) in [6, 6.07) is 16.9. The smallest absolute Gasteiger partial charge is 0.258 e. The summed E-state index contributed by atoms with van der Waals surface area (Å²) in [5.74, 6) is 1.85. The van der Waals surface area contributed by atoms with E-state index in [4.69, 9.17) is 4.98 Å². The topological polar surface area (TPSA) is 62.4 Å². The van der Waals surface area contributed by atoms with Crippen LogP contribution >= 0.6 is 0 Å². The highest BCUT2D eigenvalue weighted by molar-refractivity contribution is 5.77. The fourth-order valence-corrected chi connectivity index (χ4v) is 3.79. The van der Waals surface area contributed by atoms with Crippen molar-refractivity contribution in [3.05, 3.63) is 75.8 Å². The normalized spacial score (nSPS) is 14.0. The summed E-state index contributed by atoms with van der Waals surface area (Å²) in [5, 5.41) is 2.95. The van der Waals surface area contributed by atoms with Crippen LogP contribution in [0.2, 0.25) is 0 Å². The van der Waals surface area contributed by atoms with Crippen molar-refractivity contribution in [3.63, 3.8) is 0 Å². The third-order valence-corrected chi connectivity index (χ3v) is 5.29. The molecule has 0 aliphatic heterocycles. The van der Waals surface area contributed by atoms with Crippen molar-refractivity contribution in [2.75, 3.05) is 0 Å². The van der Waals surface area contributed by atoms with E-state index in [0.29, 0.717) is 23.3 Å². The molecule has 3 aromatic rings. The predicted molar refractivity (Wildman–Crippen MR) is 115 cm³/mol. The van der Waals surface area contributed by atoms with E-state index >= 15 is 0 Å². The van der Waals surface area contributed by atoms with Gasteiger partial charge in [0.25, 0.3) is 5.56 Å². The van der Waals surface area contributed by atoms with Gasteiger partial charge in [0.2, 0.25) is 0 Å². The Kier molecular flexibility index (Phi) is 6.30. The van der Waals surface area contributed by atoms with Gasteiger partial charge in [0.1, 0.15) is 12.1 Å². The summed E-state index contributed by atoms with van der Waals surface area (Å²) >= 11 is 0. The number of aromatic nitrogens is 2. The molecular weight excluding hydrogens is 346 g/mol. The van der Waals surface area contributed by atoms with E-state index < -0.39 is 0 Å². The van der Waals surface area contributed by atoms with Crippen LogP contribution < -0.4 is 10.9 Å². The van der Waals surface area contributed by atoms with E-state index in [2.05, 4.69) is 69.2 Å². The van der Waals surface area contributed by atoms with Crippen LogP contribution in [0.15, 0.2) is 53.3 Å². The molecule has 0 fully saturated rings. The van der Waals surface area contributed by atoms with Crippen molar-refractivity contribution >= 4 is 10.9 Å². The molecule has 2 aromatic carbocycles. The number of para-hydroxylation sites is 1. The summed E-state index contributed by atoms with van der Waals surface area (Å²) in [7, 11) is 0. The first-order valence-corrected chi connectivity index (χ1v) is 10.3. The highest BCUT2D eigenvalue weighted by atomic mass is 16.1. The second-order valence-corrected chi connectivity index (χ2v) is 8.56. The van der Waals surface area contributed by atoms with Gasteiger partial charge in [-0.05, 0) is 37.0 Å². The summed E-state index contributed by atoms with van der Waals surface area (Å²) in [5.41, 5.74) is 3.38. The lowest BCUT2D eigenvalue weighted by molar-refractivity contribution is -0.738. The average molecular weight is 379 g/mol. The zero-order valence-corrected chi connectivity index (χ0v) is 17.6. The number of nitrogens with zero attached hydrogens (tertiary/aromatic N) is 1. The second kappa shape index (κ2) is 8.70. The third kappa shape index (κ3) is 4.68. The molecule has 0 saturated heterocycles. The fraction of sp³-hybridized carbons (Fsp3) is 0.417. The van der Waals surface area contributed by atoms with Crippen LogP contribution in [0.3, 0.4) is 0 Å². The van der Waals surface area contributed by atoms with Crippen LogP contribution in [0.5, 0.6) is 0 Å². The van der Waals surface area contributed by atoms with Crippen LogP contribution in [-0.2, 0) is 6.42 Å². The van der Waals surface area contributed by atoms with E-state index in [1.807, 2.05) is 24.3 Å². The van der Waals surface area contributed by atoms with Gasteiger partial charge in [0.15, 0.2) is 5.82 Å². The Bertz CT molecular complexity index is 973. The number of hydrogen-bond donors (Lipinski definition) is 2. The maximum atomic E-state index is 12.4. The molecule has 4 heteroatoms. The molecule has 1 heterocycles. The van der Waals surface area contributed by atoms with Crippen LogP contribution in [0.1, 0.15) is 63.7 Å². The fourth-order valence-electron chi connectivity index (χ4n) is 3.79. The number of nitrogens with one attached hydrogen (secondary N) is 1. The van der Waals surface area contributed by atoms with Gasteiger partial charge in [0.05, 0.1) is 10.9 Å². The number of hydrogen-bond acceptors (Lipinski definition) is 2. The Morgan fingerprint density at radius 2 is 1.64 bits per heavy atom. The van der Waals surface area contributed by atoms with E-state index in [-0.39, 0.29) is 11.6 Å². The molecule has 0 aliphatic rings. The first-order valence-electron chi connectivity index (χ1n) is 10.3. The lowest BCUT2D eigenvalue weighted by Gasteiger charge is -2.23. The van der Waals surface area contributed by atoms with Gasteiger partial charge >= 0.3 is 0 Å². The summed E-state index contributed by atoms with van der Waals surface area (Å²) in [4.78, 5) is 20.1. The molecule has 1 aromatic heterocycles. The Hall–Kier alpha value is -2.46. The molecule has 3 rings (SSSR count). The molecule has 148 valence electrons. The van der Waals surface area contributed by atoms with Gasteiger partial charge < -0.3 is 10.3 Å². The number of aromatic amines is 1. The largest absolute Gasteiger partial charge is 0.331 e. The highest BCUT2D eigenvalue weighted by Gasteiger charge is 2.24. The van der Waals surface area contributed by atoms with Crippen LogP contribution in [0.4, 0.5) is 0 Å². The molecule has 2 atom stereocenters. The molecule has 0 radical (unpaired) electrons. The Labute approximate surface area is 167 Å².